The monoisotopic (exact) mass is 447 g/mol. The number of ether oxygens (including phenoxy) is 2. The second kappa shape index (κ2) is 11.8. The molecule has 1 heterocycles. The van der Waals surface area contributed by atoms with Gasteiger partial charge in [-0.05, 0) is 67.3 Å². The first-order valence-electron chi connectivity index (χ1n) is 10.9. The van der Waals surface area contributed by atoms with Gasteiger partial charge in [0.1, 0.15) is 5.75 Å². The third-order valence-electron chi connectivity index (χ3n) is 5.37. The van der Waals surface area contributed by atoms with Crippen molar-refractivity contribution in [3.8, 4) is 5.75 Å². The zero-order valence-electron chi connectivity index (χ0n) is 18.9. The molecule has 0 aliphatic heterocycles. The van der Waals surface area contributed by atoms with Crippen LogP contribution in [0, 0.1) is 0 Å². The van der Waals surface area contributed by atoms with Gasteiger partial charge in [0.25, 0.3) is 0 Å². The summed E-state index contributed by atoms with van der Waals surface area (Å²) >= 11 is 0. The number of nitrogens with zero attached hydrogens (tertiary/aromatic N) is 1. The van der Waals surface area contributed by atoms with Crippen LogP contribution in [0.25, 0.3) is 0 Å². The van der Waals surface area contributed by atoms with Gasteiger partial charge in [0.15, 0.2) is 6.10 Å². The topological polar surface area (TPSA) is 77.8 Å². The molecular weight excluding hydrogens is 418 g/mol. The number of rotatable bonds is 12. The molecule has 0 aliphatic rings. The van der Waals surface area contributed by atoms with Gasteiger partial charge in [-0.2, -0.15) is 0 Å². The summed E-state index contributed by atoms with van der Waals surface area (Å²) in [6.07, 6.45) is 6.72. The molecule has 0 unspecified atom stereocenters. The van der Waals surface area contributed by atoms with Crippen LogP contribution in [-0.4, -0.2) is 41.2 Å². The summed E-state index contributed by atoms with van der Waals surface area (Å²) in [5.41, 5.74) is 3.56. The Kier molecular flexibility index (Phi) is 8.61. The number of hydrogen-bond donors (Lipinski definition) is 1. The molecule has 0 fully saturated rings. The minimum Gasteiger partial charge on any atom is -0.497 e. The van der Waals surface area contributed by atoms with Gasteiger partial charge < -0.3 is 19.1 Å². The Bertz CT molecular complexity index is 1080. The summed E-state index contributed by atoms with van der Waals surface area (Å²) in [5.74, 6) is -0.248. The maximum absolute atomic E-state index is 12.8. The number of carbonyl (C=O) groups is 2. The predicted molar refractivity (Wildman–Crippen MR) is 127 cm³/mol. The summed E-state index contributed by atoms with van der Waals surface area (Å²) in [5, 5.41) is 8.84. The Hall–Kier alpha value is -3.64. The van der Waals surface area contributed by atoms with Crippen molar-refractivity contribution >= 4 is 11.8 Å². The van der Waals surface area contributed by atoms with E-state index < -0.39 is 12.1 Å². The lowest BCUT2D eigenvalue weighted by molar-refractivity contribution is -0.149. The molecule has 1 N–H and O–H groups in total. The largest absolute Gasteiger partial charge is 0.497 e. The van der Waals surface area contributed by atoms with Gasteiger partial charge in [-0.25, -0.2) is 4.79 Å². The van der Waals surface area contributed by atoms with Crippen LogP contribution in [0.5, 0.6) is 5.75 Å². The van der Waals surface area contributed by atoms with Crippen LogP contribution in [0.4, 0.5) is 0 Å². The molecule has 0 radical (unpaired) electrons. The molecule has 0 saturated heterocycles. The number of aliphatic carboxylic acids is 1. The maximum atomic E-state index is 12.8. The Labute approximate surface area is 194 Å². The SMILES string of the molecule is COc1ccc(C(=O)c2cccn2C/C=C/Cc2ccc(CCO[C@H](C)C(=O)O)cc2)cc1. The zero-order valence-corrected chi connectivity index (χ0v) is 18.9. The van der Waals surface area contributed by atoms with Crippen LogP contribution in [0.1, 0.15) is 34.1 Å². The number of allylic oxidation sites excluding steroid dienone is 2. The number of methoxy groups -OCH3 is 1. The fourth-order valence-electron chi connectivity index (χ4n) is 3.34. The van der Waals surface area contributed by atoms with Crippen molar-refractivity contribution in [1.29, 1.82) is 0 Å². The van der Waals surface area contributed by atoms with E-state index in [0.29, 0.717) is 30.8 Å². The highest BCUT2D eigenvalue weighted by molar-refractivity contribution is 6.08. The molecule has 6 heteroatoms. The van der Waals surface area contributed by atoms with E-state index in [1.807, 2.05) is 35.0 Å². The van der Waals surface area contributed by atoms with E-state index in [4.69, 9.17) is 14.6 Å². The van der Waals surface area contributed by atoms with E-state index in [2.05, 4.69) is 24.3 Å². The van der Waals surface area contributed by atoms with Gasteiger partial charge in [0.05, 0.1) is 19.4 Å². The van der Waals surface area contributed by atoms with Crippen molar-refractivity contribution in [2.45, 2.75) is 32.4 Å². The average molecular weight is 448 g/mol. The van der Waals surface area contributed by atoms with Crippen molar-refractivity contribution in [3.05, 3.63) is 101 Å². The first-order chi connectivity index (χ1) is 16.0. The number of ketones is 1. The van der Waals surface area contributed by atoms with Crippen LogP contribution < -0.4 is 4.74 Å². The molecule has 6 nitrogen and oxygen atoms in total. The summed E-state index contributed by atoms with van der Waals surface area (Å²) in [6.45, 7) is 2.52. The number of carbonyl (C=O) groups excluding carboxylic acids is 1. The van der Waals surface area contributed by atoms with Gasteiger partial charge in [-0.3, -0.25) is 4.79 Å². The Morgan fingerprint density at radius 3 is 2.36 bits per heavy atom. The van der Waals surface area contributed by atoms with E-state index in [1.165, 1.54) is 12.5 Å². The van der Waals surface area contributed by atoms with E-state index >= 15 is 0 Å². The molecule has 172 valence electrons. The first-order valence-corrected chi connectivity index (χ1v) is 10.9. The van der Waals surface area contributed by atoms with Crippen molar-refractivity contribution in [1.82, 2.24) is 4.57 Å². The minimum absolute atomic E-state index is 0.0200. The van der Waals surface area contributed by atoms with Crippen molar-refractivity contribution in [3.63, 3.8) is 0 Å². The summed E-state index contributed by atoms with van der Waals surface area (Å²) in [4.78, 5) is 23.6. The highest BCUT2D eigenvalue weighted by atomic mass is 16.5. The molecule has 1 atom stereocenters. The molecule has 3 rings (SSSR count). The van der Waals surface area contributed by atoms with Gasteiger partial charge in [-0.15, -0.1) is 0 Å². The lowest BCUT2D eigenvalue weighted by Gasteiger charge is -2.08. The molecular formula is C27H29NO5. The predicted octanol–water partition coefficient (Wildman–Crippen LogP) is 4.56. The highest BCUT2D eigenvalue weighted by Gasteiger charge is 2.13. The fraction of sp³-hybridized carbons (Fsp3) is 0.259. The van der Waals surface area contributed by atoms with Gasteiger partial charge >= 0.3 is 5.97 Å². The van der Waals surface area contributed by atoms with Crippen LogP contribution in [0.15, 0.2) is 79.0 Å². The molecule has 0 bridgehead atoms. The van der Waals surface area contributed by atoms with E-state index in [9.17, 15) is 9.59 Å². The molecule has 0 aliphatic carbocycles. The van der Waals surface area contributed by atoms with Crippen molar-refractivity contribution in [2.24, 2.45) is 0 Å². The highest BCUT2D eigenvalue weighted by Crippen LogP contribution is 2.16. The Morgan fingerprint density at radius 1 is 1.00 bits per heavy atom. The lowest BCUT2D eigenvalue weighted by atomic mass is 10.1. The van der Waals surface area contributed by atoms with Crippen molar-refractivity contribution in [2.75, 3.05) is 13.7 Å². The summed E-state index contributed by atoms with van der Waals surface area (Å²) < 4.78 is 12.4. The number of carboxylic acid groups (broad SMARTS) is 1. The maximum Gasteiger partial charge on any atom is 0.332 e. The van der Waals surface area contributed by atoms with Crippen LogP contribution >= 0.6 is 0 Å². The number of carboxylic acids is 1. The average Bonchev–Trinajstić information content (AvgIpc) is 3.30. The first kappa shape index (κ1) is 24.0. The van der Waals surface area contributed by atoms with E-state index in [1.54, 1.807) is 31.4 Å². The number of hydrogen-bond acceptors (Lipinski definition) is 4. The van der Waals surface area contributed by atoms with Crippen molar-refractivity contribution < 1.29 is 24.2 Å². The molecule has 33 heavy (non-hydrogen) atoms. The summed E-state index contributed by atoms with van der Waals surface area (Å²) in [7, 11) is 1.60. The van der Waals surface area contributed by atoms with Gasteiger partial charge in [-0.1, -0.05) is 36.4 Å². The Balaban J connectivity index is 1.49. The molecule has 0 amide bonds. The smallest absolute Gasteiger partial charge is 0.332 e. The normalized spacial score (nSPS) is 12.1. The minimum atomic E-state index is -0.950. The third-order valence-corrected chi connectivity index (χ3v) is 5.37. The van der Waals surface area contributed by atoms with Gasteiger partial charge in [0, 0.05) is 18.3 Å². The van der Waals surface area contributed by atoms with E-state index in [-0.39, 0.29) is 5.78 Å². The van der Waals surface area contributed by atoms with Crippen LogP contribution in [0.3, 0.4) is 0 Å². The summed E-state index contributed by atoms with van der Waals surface area (Å²) in [6, 6.07) is 19.0. The van der Waals surface area contributed by atoms with Crippen LogP contribution in [0.2, 0.25) is 0 Å². The molecule has 0 saturated carbocycles. The zero-order chi connectivity index (χ0) is 23.6. The molecule has 3 aromatic rings. The lowest BCUT2D eigenvalue weighted by Crippen LogP contribution is -2.20. The van der Waals surface area contributed by atoms with E-state index in [0.717, 1.165) is 17.7 Å². The standard InChI is InChI=1S/C27H29NO5/c1-20(27(30)31)33-19-16-22-10-8-21(9-11-22)6-3-4-17-28-18-5-7-25(28)26(29)23-12-14-24(32-2)15-13-23/h3-5,7-15,18,20H,6,16-17,19H2,1-2H3,(H,30,31)/b4-3+/t20-/m1/s1. The molecule has 1 aromatic heterocycles. The third kappa shape index (κ3) is 6.92. The number of benzene rings is 2. The number of aromatic nitrogens is 1. The second-order valence-corrected chi connectivity index (χ2v) is 7.70. The van der Waals surface area contributed by atoms with Gasteiger partial charge in [0.2, 0.25) is 5.78 Å². The fourth-order valence-corrected chi connectivity index (χ4v) is 3.34. The Morgan fingerprint density at radius 2 is 1.70 bits per heavy atom. The second-order valence-electron chi connectivity index (χ2n) is 7.70. The quantitative estimate of drug-likeness (QED) is 0.325. The van der Waals surface area contributed by atoms with Crippen LogP contribution in [-0.2, 0) is 28.9 Å². The molecule has 2 aromatic carbocycles. The molecule has 0 spiro atoms.